The van der Waals surface area contributed by atoms with Crippen molar-refractivity contribution in [2.45, 2.75) is 31.8 Å². The van der Waals surface area contributed by atoms with E-state index in [1.807, 2.05) is 42.5 Å². The number of methoxy groups -OCH3 is 1. The Morgan fingerprint density at radius 2 is 1.82 bits per heavy atom. The topological polar surface area (TPSA) is 98.5 Å². The van der Waals surface area contributed by atoms with E-state index >= 15 is 0 Å². The predicted octanol–water partition coefficient (Wildman–Crippen LogP) is 2.22. The van der Waals surface area contributed by atoms with Crippen LogP contribution in [0.5, 0.6) is 5.75 Å². The number of rotatable bonds is 8. The van der Waals surface area contributed by atoms with E-state index < -0.39 is 5.92 Å². The number of nitrogens with one attached hydrogen (secondary N) is 1. The van der Waals surface area contributed by atoms with E-state index in [0.717, 1.165) is 24.1 Å². The van der Waals surface area contributed by atoms with Crippen LogP contribution in [0.3, 0.4) is 0 Å². The van der Waals surface area contributed by atoms with Gasteiger partial charge in [-0.2, -0.15) is 0 Å². The van der Waals surface area contributed by atoms with Crippen molar-refractivity contribution in [1.29, 1.82) is 0 Å². The molecule has 0 bridgehead atoms. The molecule has 1 saturated heterocycles. The van der Waals surface area contributed by atoms with Crippen LogP contribution in [0, 0.1) is 5.92 Å². The zero-order chi connectivity index (χ0) is 23.7. The minimum Gasteiger partial charge on any atom is -0.497 e. The van der Waals surface area contributed by atoms with Gasteiger partial charge in [0.25, 0.3) is 0 Å². The number of anilines is 1. The number of carbonyl (C=O) groups is 2. The van der Waals surface area contributed by atoms with Crippen LogP contribution in [0.1, 0.15) is 25.3 Å². The smallest absolute Gasteiger partial charge is 0.346 e. The lowest BCUT2D eigenvalue weighted by Gasteiger charge is -2.17. The van der Waals surface area contributed by atoms with E-state index in [4.69, 9.17) is 4.74 Å². The largest absolute Gasteiger partial charge is 0.497 e. The number of benzene rings is 2. The lowest BCUT2D eigenvalue weighted by Crippen LogP contribution is -2.36. The van der Waals surface area contributed by atoms with Gasteiger partial charge in [0, 0.05) is 36.8 Å². The first-order valence-corrected chi connectivity index (χ1v) is 11.5. The molecule has 0 spiro atoms. The molecule has 1 saturated carbocycles. The second-order valence-corrected chi connectivity index (χ2v) is 8.69. The van der Waals surface area contributed by atoms with E-state index in [2.05, 4.69) is 10.4 Å². The molecule has 2 aromatic carbocycles. The molecule has 2 amide bonds. The van der Waals surface area contributed by atoms with E-state index in [9.17, 15) is 14.4 Å². The van der Waals surface area contributed by atoms with E-state index in [1.165, 1.54) is 4.68 Å². The van der Waals surface area contributed by atoms with Gasteiger partial charge in [0.1, 0.15) is 5.75 Å². The molecule has 2 heterocycles. The third kappa shape index (κ3) is 4.33. The quantitative estimate of drug-likeness (QED) is 0.555. The molecule has 1 aliphatic carbocycles. The maximum Gasteiger partial charge on any atom is 0.346 e. The Labute approximate surface area is 196 Å². The summed E-state index contributed by atoms with van der Waals surface area (Å²) in [6.07, 6.45) is 2.11. The summed E-state index contributed by atoms with van der Waals surface area (Å²) in [7, 11) is 1.59. The Hall–Kier alpha value is -3.88. The molecule has 34 heavy (non-hydrogen) atoms. The van der Waals surface area contributed by atoms with Gasteiger partial charge in [-0.15, -0.1) is 5.10 Å². The molecule has 3 aromatic rings. The van der Waals surface area contributed by atoms with Crippen molar-refractivity contribution < 1.29 is 14.3 Å². The molecule has 1 atom stereocenters. The van der Waals surface area contributed by atoms with Crippen LogP contribution < -0.4 is 20.6 Å². The number of nitrogens with zero attached hydrogens (tertiary/aromatic N) is 4. The van der Waals surface area contributed by atoms with E-state index in [0.29, 0.717) is 18.1 Å². The minimum absolute atomic E-state index is 0.0859. The fraction of sp³-hybridized carbons (Fsp3) is 0.360. The van der Waals surface area contributed by atoms with Crippen LogP contribution in [-0.4, -0.2) is 46.4 Å². The van der Waals surface area contributed by atoms with Gasteiger partial charge >= 0.3 is 5.69 Å². The zero-order valence-electron chi connectivity index (χ0n) is 19.0. The first-order chi connectivity index (χ1) is 16.5. The van der Waals surface area contributed by atoms with Gasteiger partial charge in [0.05, 0.1) is 19.6 Å². The molecule has 2 aliphatic rings. The number of aromatic nitrogens is 3. The first kappa shape index (κ1) is 21.9. The molecule has 1 unspecified atom stereocenters. The Bertz CT molecular complexity index is 1240. The maximum atomic E-state index is 13.0. The summed E-state index contributed by atoms with van der Waals surface area (Å²) in [5.41, 5.74) is 1.49. The zero-order valence-corrected chi connectivity index (χ0v) is 19.0. The van der Waals surface area contributed by atoms with Crippen molar-refractivity contribution >= 4 is 17.5 Å². The average molecular weight is 462 g/mol. The number of amides is 2. The molecule has 1 aromatic heterocycles. The monoisotopic (exact) mass is 461 g/mol. The van der Waals surface area contributed by atoms with E-state index in [1.54, 1.807) is 28.7 Å². The number of hydrogen-bond donors (Lipinski definition) is 1. The Balaban J connectivity index is 1.21. The molecule has 2 fully saturated rings. The van der Waals surface area contributed by atoms with Crippen molar-refractivity contribution in [1.82, 2.24) is 19.7 Å². The summed E-state index contributed by atoms with van der Waals surface area (Å²) in [6.45, 7) is 0.861. The summed E-state index contributed by atoms with van der Waals surface area (Å²) in [5, 5.41) is 7.43. The van der Waals surface area contributed by atoms with Gasteiger partial charge in [-0.25, -0.2) is 9.48 Å². The van der Waals surface area contributed by atoms with Crippen molar-refractivity contribution in [2.75, 3.05) is 25.1 Å². The Morgan fingerprint density at radius 3 is 2.50 bits per heavy atom. The third-order valence-corrected chi connectivity index (χ3v) is 6.32. The highest BCUT2D eigenvalue weighted by Gasteiger charge is 2.35. The Morgan fingerprint density at radius 1 is 1.09 bits per heavy atom. The van der Waals surface area contributed by atoms with Gasteiger partial charge < -0.3 is 15.0 Å². The highest BCUT2D eigenvalue weighted by atomic mass is 16.5. The summed E-state index contributed by atoms with van der Waals surface area (Å²) in [5.74, 6) is 0.658. The number of ether oxygens (including phenoxy) is 1. The molecular formula is C25H27N5O4. The summed E-state index contributed by atoms with van der Waals surface area (Å²) >= 11 is 0. The molecule has 1 aliphatic heterocycles. The predicted molar refractivity (Wildman–Crippen MR) is 127 cm³/mol. The van der Waals surface area contributed by atoms with Crippen LogP contribution in [0.2, 0.25) is 0 Å². The highest BCUT2D eigenvalue weighted by molar-refractivity contribution is 6.00. The van der Waals surface area contributed by atoms with Crippen molar-refractivity contribution in [3.8, 4) is 17.1 Å². The van der Waals surface area contributed by atoms with Crippen LogP contribution in [0.15, 0.2) is 59.4 Å². The number of hydrogen-bond acceptors (Lipinski definition) is 5. The van der Waals surface area contributed by atoms with Crippen LogP contribution >= 0.6 is 0 Å². The van der Waals surface area contributed by atoms with E-state index in [-0.39, 0.29) is 43.1 Å². The minimum atomic E-state index is -0.435. The standard InChI is InChI=1S/C25H27N5O4/c1-34-21-11-9-19(10-12-21)28-16-18(15-22(28)31)24(32)26-13-14-29-25(33)30(20-7-8-20)23(27-29)17-5-3-2-4-6-17/h2-6,9-12,18,20H,7-8,13-16H2,1H3,(H,26,32). The molecule has 1 N–H and O–H groups in total. The second-order valence-electron chi connectivity index (χ2n) is 8.69. The second kappa shape index (κ2) is 9.17. The average Bonchev–Trinajstić information content (AvgIpc) is 3.55. The van der Waals surface area contributed by atoms with Crippen LogP contribution in [0.4, 0.5) is 5.69 Å². The molecule has 176 valence electrons. The Kier molecular flexibility index (Phi) is 5.91. The molecule has 9 nitrogen and oxygen atoms in total. The summed E-state index contributed by atoms with van der Waals surface area (Å²) in [4.78, 5) is 39.8. The maximum absolute atomic E-state index is 13.0. The lowest BCUT2D eigenvalue weighted by atomic mass is 10.1. The summed E-state index contributed by atoms with van der Waals surface area (Å²) in [6, 6.07) is 17.1. The van der Waals surface area contributed by atoms with Gasteiger partial charge in [0.2, 0.25) is 11.8 Å². The van der Waals surface area contributed by atoms with Gasteiger partial charge in [-0.05, 0) is 37.1 Å². The van der Waals surface area contributed by atoms with Gasteiger partial charge in [-0.1, -0.05) is 30.3 Å². The molecule has 9 heteroatoms. The van der Waals surface area contributed by atoms with Gasteiger partial charge in [-0.3, -0.25) is 14.2 Å². The highest BCUT2D eigenvalue weighted by Crippen LogP contribution is 2.36. The summed E-state index contributed by atoms with van der Waals surface area (Å²) < 4.78 is 8.34. The molecule has 5 rings (SSSR count). The fourth-order valence-corrected chi connectivity index (χ4v) is 4.34. The fourth-order valence-electron chi connectivity index (χ4n) is 4.34. The van der Waals surface area contributed by atoms with Gasteiger partial charge in [0.15, 0.2) is 5.82 Å². The molecular weight excluding hydrogens is 434 g/mol. The third-order valence-electron chi connectivity index (χ3n) is 6.32. The van der Waals surface area contributed by atoms with Crippen molar-refractivity contribution in [3.05, 3.63) is 65.1 Å². The van der Waals surface area contributed by atoms with Crippen LogP contribution in [-0.2, 0) is 16.1 Å². The van der Waals surface area contributed by atoms with Crippen LogP contribution in [0.25, 0.3) is 11.4 Å². The van der Waals surface area contributed by atoms with Crippen molar-refractivity contribution in [2.24, 2.45) is 5.92 Å². The number of carbonyl (C=O) groups excluding carboxylic acids is 2. The molecule has 0 radical (unpaired) electrons. The van der Waals surface area contributed by atoms with Crippen molar-refractivity contribution in [3.63, 3.8) is 0 Å². The normalized spacial score (nSPS) is 17.7. The SMILES string of the molecule is COc1ccc(N2CC(C(=O)NCCn3nc(-c4ccccc4)n(C4CC4)c3=O)CC2=O)cc1. The lowest BCUT2D eigenvalue weighted by molar-refractivity contribution is -0.126. The first-order valence-electron chi connectivity index (χ1n) is 11.5.